The van der Waals surface area contributed by atoms with Gasteiger partial charge in [-0.1, -0.05) is 34.3 Å². The molecule has 0 spiro atoms. The number of rotatable bonds is 3. The molecule has 0 amide bonds. The van der Waals surface area contributed by atoms with Gasteiger partial charge in [0.25, 0.3) is 0 Å². The van der Waals surface area contributed by atoms with Gasteiger partial charge in [0.1, 0.15) is 0 Å². The molecule has 0 fully saturated rings. The van der Waals surface area contributed by atoms with Crippen LogP contribution in [0.5, 0.6) is 0 Å². The first-order valence-electron chi connectivity index (χ1n) is 6.29. The van der Waals surface area contributed by atoms with Crippen molar-refractivity contribution in [3.63, 3.8) is 0 Å². The first-order valence-corrected chi connectivity index (χ1v) is 14.2. The van der Waals surface area contributed by atoms with Gasteiger partial charge in [0.15, 0.2) is 0 Å². The molecule has 0 saturated carbocycles. The number of aliphatic imine (C=N–C) groups is 2. The Bertz CT molecular complexity index is 176. The summed E-state index contributed by atoms with van der Waals surface area (Å²) in [5, 5.41) is 0. The van der Waals surface area contributed by atoms with Gasteiger partial charge < -0.3 is 0 Å². The minimum absolute atomic E-state index is 0.392. The number of hydrogen-bond acceptors (Lipinski definition) is 3. The van der Waals surface area contributed by atoms with Crippen molar-refractivity contribution in [2.45, 2.75) is 39.1 Å². The third-order valence-electron chi connectivity index (χ3n) is 1.14. The second kappa shape index (κ2) is 29.7. The van der Waals surface area contributed by atoms with E-state index in [9.17, 15) is 0 Å². The van der Waals surface area contributed by atoms with Crippen molar-refractivity contribution in [2.24, 2.45) is 9.98 Å². The summed E-state index contributed by atoms with van der Waals surface area (Å²) >= 11 is -0.392. The van der Waals surface area contributed by atoms with Crippen LogP contribution in [0.4, 0.5) is 0 Å². The molecule has 0 N–H and O–H groups in total. The Balaban J connectivity index is -0.0000000809. The standard InChI is InChI=1S/C6H10N2.C2H6N.2C2H6.CH3.Hg/c1-6(2)8-5-4-7-3;1-3-2;2*1-2;;/h4-5H,1H2,2-3H3;1-2H3;2*1-2H3;1H3;/q;-1;;;;+1. The van der Waals surface area contributed by atoms with Gasteiger partial charge in [-0.05, 0) is 6.92 Å². The van der Waals surface area contributed by atoms with Gasteiger partial charge in [-0.2, -0.15) is 0 Å². The third-order valence-corrected chi connectivity index (χ3v) is 6.06. The molecule has 0 bridgehead atoms. The van der Waals surface area contributed by atoms with Crippen LogP contribution in [-0.2, 0) is 24.9 Å². The summed E-state index contributed by atoms with van der Waals surface area (Å²) in [5.74, 6) is 0. The van der Waals surface area contributed by atoms with Gasteiger partial charge in [0.2, 0.25) is 0 Å². The first kappa shape index (κ1) is 25.7. The molecule has 0 aromatic heterocycles. The van der Waals surface area contributed by atoms with Crippen molar-refractivity contribution >= 4 is 12.4 Å². The van der Waals surface area contributed by atoms with Crippen LogP contribution in [0.2, 0.25) is 4.43 Å². The Labute approximate surface area is 122 Å². The van der Waals surface area contributed by atoms with Crippen LogP contribution in [0.25, 0.3) is 0 Å². The Morgan fingerprint density at radius 2 is 1.47 bits per heavy atom. The molecule has 4 heteroatoms. The molecular weight excluding hydrogens is 399 g/mol. The van der Waals surface area contributed by atoms with Crippen LogP contribution in [-0.4, -0.2) is 36.2 Å². The molecule has 0 radical (unpaired) electrons. The van der Waals surface area contributed by atoms with Crippen LogP contribution >= 0.6 is 0 Å². The average molecular weight is 430 g/mol. The summed E-state index contributed by atoms with van der Waals surface area (Å²) in [6.45, 7) is 13.4. The molecule has 0 rings (SSSR count). The number of allylic oxidation sites excluding steroid dienone is 1. The zero-order valence-electron chi connectivity index (χ0n) is 13.4. The zero-order valence-corrected chi connectivity index (χ0v) is 18.9. The molecule has 0 aliphatic carbocycles. The Morgan fingerprint density at radius 3 is 1.65 bits per heavy atom. The minimum atomic E-state index is -0.392. The molecule has 0 saturated heterocycles. The summed E-state index contributed by atoms with van der Waals surface area (Å²) in [5.41, 5.74) is 0.796. The Kier molecular flexibility index (Phi) is 45.0. The van der Waals surface area contributed by atoms with Crippen LogP contribution in [0, 0.1) is 0 Å². The summed E-state index contributed by atoms with van der Waals surface area (Å²) in [6.07, 6.45) is 3.23. The van der Waals surface area contributed by atoms with E-state index < -0.39 is 24.9 Å². The quantitative estimate of drug-likeness (QED) is 0.493. The SMILES string of the molecule is C=C(C)N=CC=NC.CC.CC.[CH3][Hg][N](C)C. The predicted octanol–water partition coefficient (Wildman–Crippen LogP) is 3.94. The molecule has 0 heterocycles. The molecule has 100 valence electrons. The van der Waals surface area contributed by atoms with Gasteiger partial charge in [-0.3, -0.25) is 9.98 Å². The van der Waals surface area contributed by atoms with E-state index in [1.807, 2.05) is 34.6 Å². The van der Waals surface area contributed by atoms with Crippen LogP contribution < -0.4 is 0 Å². The predicted molar refractivity (Wildman–Crippen MR) is 80.0 cm³/mol. The van der Waals surface area contributed by atoms with Crippen molar-refractivity contribution < 1.29 is 24.9 Å². The molecule has 0 aromatic carbocycles. The van der Waals surface area contributed by atoms with Gasteiger partial charge in [0.05, 0.1) is 0 Å². The topological polar surface area (TPSA) is 28.0 Å². The average Bonchev–Trinajstić information content (AvgIpc) is 2.35. The monoisotopic (exact) mass is 431 g/mol. The van der Waals surface area contributed by atoms with Gasteiger partial charge in [-0.25, -0.2) is 0 Å². The first-order chi connectivity index (χ1) is 8.04. The Hall–Kier alpha value is -0.0249. The van der Waals surface area contributed by atoms with E-state index in [4.69, 9.17) is 0 Å². The molecular formula is C13H31HgN3. The second-order valence-electron chi connectivity index (χ2n) is 2.82. The third kappa shape index (κ3) is 64.1. The summed E-state index contributed by atoms with van der Waals surface area (Å²) < 4.78 is 4.69. The van der Waals surface area contributed by atoms with E-state index in [0.29, 0.717) is 0 Å². The van der Waals surface area contributed by atoms with E-state index in [-0.39, 0.29) is 0 Å². The van der Waals surface area contributed by atoms with Crippen LogP contribution in [0.3, 0.4) is 0 Å². The number of hydrogen-bond donors (Lipinski definition) is 0. The normalized spacial score (nSPS) is 8.35. The molecule has 0 aromatic rings. The van der Waals surface area contributed by atoms with Crippen molar-refractivity contribution in [1.82, 2.24) is 2.66 Å². The van der Waals surface area contributed by atoms with Crippen molar-refractivity contribution in [1.29, 1.82) is 0 Å². The molecule has 0 aliphatic heterocycles. The summed E-state index contributed by atoms with van der Waals surface area (Å²) in [6, 6.07) is 0. The van der Waals surface area contributed by atoms with Crippen LogP contribution in [0.1, 0.15) is 34.6 Å². The van der Waals surface area contributed by atoms with E-state index in [2.05, 4.69) is 37.8 Å². The van der Waals surface area contributed by atoms with E-state index >= 15 is 0 Å². The van der Waals surface area contributed by atoms with E-state index in [1.165, 1.54) is 0 Å². The maximum absolute atomic E-state index is 3.85. The fourth-order valence-corrected chi connectivity index (χ4v) is 0.227. The molecule has 0 aliphatic rings. The van der Waals surface area contributed by atoms with Gasteiger partial charge >= 0.3 is 46.1 Å². The Morgan fingerprint density at radius 1 is 1.12 bits per heavy atom. The van der Waals surface area contributed by atoms with Crippen LogP contribution in [0.15, 0.2) is 22.3 Å². The summed E-state index contributed by atoms with van der Waals surface area (Å²) in [7, 11) is 6.01. The maximum atomic E-state index is 3.85. The molecule has 0 unspecified atom stereocenters. The second-order valence-corrected chi connectivity index (χ2v) is 10.2. The zero-order chi connectivity index (χ0) is 14.7. The fourth-order valence-electron chi connectivity index (χ4n) is 0.227. The summed E-state index contributed by atoms with van der Waals surface area (Å²) in [4.78, 5) is 7.54. The number of nitrogens with zero attached hydrogens (tertiary/aromatic N) is 3. The van der Waals surface area contributed by atoms with Gasteiger partial charge in [-0.15, -0.1) is 0 Å². The van der Waals surface area contributed by atoms with Gasteiger partial charge in [0, 0.05) is 25.2 Å². The van der Waals surface area contributed by atoms with Crippen molar-refractivity contribution in [3.05, 3.63) is 12.3 Å². The van der Waals surface area contributed by atoms with E-state index in [0.717, 1.165) is 5.70 Å². The molecule has 0 atom stereocenters. The molecule has 3 nitrogen and oxygen atoms in total. The van der Waals surface area contributed by atoms with Crippen molar-refractivity contribution in [3.8, 4) is 0 Å². The molecule has 17 heavy (non-hydrogen) atoms. The van der Waals surface area contributed by atoms with Crippen molar-refractivity contribution in [2.75, 3.05) is 21.1 Å². The fraction of sp³-hybridized carbons (Fsp3) is 0.692. The van der Waals surface area contributed by atoms with E-state index in [1.54, 1.807) is 19.5 Å².